The average Bonchev–Trinajstić information content (AvgIpc) is 2.94. The molecule has 0 spiro atoms. The molecule has 0 saturated carbocycles. The molecular formula is C31H24F4N2O4S. The van der Waals surface area contributed by atoms with Crippen LogP contribution in [0, 0.1) is 12.7 Å². The normalized spacial score (nSPS) is 11.8. The largest absolute Gasteiger partial charge is 0.493 e. The van der Waals surface area contributed by atoms with Crippen LogP contribution in [0.15, 0.2) is 102 Å². The summed E-state index contributed by atoms with van der Waals surface area (Å²) in [6.07, 6.45) is -4.31. The zero-order valence-corrected chi connectivity index (χ0v) is 23.0. The lowest BCUT2D eigenvalue weighted by Gasteiger charge is -2.14. The summed E-state index contributed by atoms with van der Waals surface area (Å²) in [6.45, 7) is 1.65. The number of hydrogen-bond donors (Lipinski definition) is 1. The molecule has 1 heterocycles. The van der Waals surface area contributed by atoms with E-state index in [1.807, 2.05) is 6.07 Å². The highest BCUT2D eigenvalue weighted by Crippen LogP contribution is 2.35. The third-order valence-electron chi connectivity index (χ3n) is 6.28. The summed E-state index contributed by atoms with van der Waals surface area (Å²) < 4.78 is 94.8. The van der Waals surface area contributed by atoms with Crippen molar-refractivity contribution in [3.63, 3.8) is 0 Å². The number of anilines is 1. The monoisotopic (exact) mass is 596 g/mol. The van der Waals surface area contributed by atoms with E-state index in [1.165, 1.54) is 36.4 Å². The Balaban J connectivity index is 1.26. The molecule has 0 unspecified atom stereocenters. The van der Waals surface area contributed by atoms with Gasteiger partial charge in [-0.15, -0.1) is 0 Å². The van der Waals surface area contributed by atoms with Crippen LogP contribution in [0.3, 0.4) is 0 Å². The number of aromatic nitrogens is 1. The molecule has 0 aliphatic heterocycles. The quantitative estimate of drug-likeness (QED) is 0.175. The number of rotatable bonds is 9. The average molecular weight is 597 g/mol. The Bertz CT molecular complexity index is 1850. The second kappa shape index (κ2) is 11.7. The fourth-order valence-electron chi connectivity index (χ4n) is 4.38. The molecule has 0 saturated heterocycles. The summed E-state index contributed by atoms with van der Waals surface area (Å²) in [7, 11) is -4.15. The van der Waals surface area contributed by atoms with E-state index in [0.29, 0.717) is 28.1 Å². The van der Waals surface area contributed by atoms with Crippen molar-refractivity contribution in [2.24, 2.45) is 0 Å². The highest BCUT2D eigenvalue weighted by Gasteiger charge is 2.33. The van der Waals surface area contributed by atoms with Gasteiger partial charge in [0.1, 0.15) is 17.2 Å². The Morgan fingerprint density at radius 2 is 1.57 bits per heavy atom. The Labute approximate surface area is 239 Å². The number of halogens is 4. The molecule has 0 amide bonds. The van der Waals surface area contributed by atoms with Gasteiger partial charge in [0, 0.05) is 29.6 Å². The molecule has 5 aromatic rings. The maximum absolute atomic E-state index is 14.9. The SMILES string of the molecule is Cc1cc(CCOc2ccc(NS(=O)(=O)c3cccc(Oc4ccccc4)c3)c(F)c2)c2cccc(C(F)(F)F)c2n1. The number of nitrogens with zero attached hydrogens (tertiary/aromatic N) is 1. The molecule has 0 fully saturated rings. The Morgan fingerprint density at radius 1 is 0.833 bits per heavy atom. The molecular weight excluding hydrogens is 572 g/mol. The predicted octanol–water partition coefficient (Wildman–Crippen LogP) is 7.92. The first kappa shape index (κ1) is 28.9. The highest BCUT2D eigenvalue weighted by atomic mass is 32.2. The van der Waals surface area contributed by atoms with Gasteiger partial charge >= 0.3 is 6.18 Å². The topological polar surface area (TPSA) is 77.5 Å². The summed E-state index contributed by atoms with van der Waals surface area (Å²) in [5.74, 6) is 0.0765. The van der Waals surface area contributed by atoms with Crippen LogP contribution >= 0.6 is 0 Å². The summed E-state index contributed by atoms with van der Waals surface area (Å²) in [6, 6.07) is 23.9. The maximum Gasteiger partial charge on any atom is 0.418 e. The first-order valence-electron chi connectivity index (χ1n) is 12.7. The molecule has 6 nitrogen and oxygen atoms in total. The molecule has 216 valence electrons. The molecule has 0 aliphatic carbocycles. The zero-order chi connectivity index (χ0) is 29.9. The van der Waals surface area contributed by atoms with Gasteiger partial charge in [-0.3, -0.25) is 9.71 Å². The number of nitrogens with one attached hydrogen (secondary N) is 1. The van der Waals surface area contributed by atoms with Crippen molar-refractivity contribution in [3.8, 4) is 17.2 Å². The molecule has 1 aromatic heterocycles. The predicted molar refractivity (Wildman–Crippen MR) is 151 cm³/mol. The number of hydrogen-bond acceptors (Lipinski definition) is 5. The summed E-state index contributed by atoms with van der Waals surface area (Å²) >= 11 is 0. The van der Waals surface area contributed by atoms with Crippen molar-refractivity contribution in [3.05, 3.63) is 120 Å². The third-order valence-corrected chi connectivity index (χ3v) is 7.64. The van der Waals surface area contributed by atoms with E-state index in [2.05, 4.69) is 9.71 Å². The van der Waals surface area contributed by atoms with Crippen LogP contribution in [0.2, 0.25) is 0 Å². The molecule has 11 heteroatoms. The van der Waals surface area contributed by atoms with E-state index in [4.69, 9.17) is 9.47 Å². The van der Waals surface area contributed by atoms with Crippen molar-refractivity contribution in [1.82, 2.24) is 4.98 Å². The van der Waals surface area contributed by atoms with E-state index in [-0.39, 0.29) is 34.9 Å². The van der Waals surface area contributed by atoms with Gasteiger partial charge in [-0.1, -0.05) is 36.4 Å². The van der Waals surface area contributed by atoms with Crippen molar-refractivity contribution in [1.29, 1.82) is 0 Å². The van der Waals surface area contributed by atoms with E-state index >= 15 is 0 Å². The van der Waals surface area contributed by atoms with Crippen LogP contribution in [0.4, 0.5) is 23.2 Å². The Morgan fingerprint density at radius 3 is 2.31 bits per heavy atom. The van der Waals surface area contributed by atoms with Crippen molar-refractivity contribution < 1.29 is 35.5 Å². The number of ether oxygens (including phenoxy) is 2. The molecule has 0 aliphatic rings. The number of alkyl halides is 3. The molecule has 0 atom stereocenters. The van der Waals surface area contributed by atoms with Crippen LogP contribution < -0.4 is 14.2 Å². The maximum atomic E-state index is 14.9. The minimum atomic E-state index is -4.55. The number of aryl methyl sites for hydroxylation is 1. The summed E-state index contributed by atoms with van der Waals surface area (Å²) in [5, 5.41) is 0.355. The first-order valence-corrected chi connectivity index (χ1v) is 14.2. The van der Waals surface area contributed by atoms with Crippen LogP contribution in [0.5, 0.6) is 17.2 Å². The van der Waals surface area contributed by atoms with Gasteiger partial charge in [0.2, 0.25) is 0 Å². The van der Waals surface area contributed by atoms with Crippen LogP contribution in [0.1, 0.15) is 16.8 Å². The van der Waals surface area contributed by atoms with Crippen LogP contribution in [0.25, 0.3) is 10.9 Å². The summed E-state index contributed by atoms with van der Waals surface area (Å²) in [5.41, 5.74) is -0.214. The number of pyridine rings is 1. The molecule has 1 N–H and O–H groups in total. The van der Waals surface area contributed by atoms with Crippen molar-refractivity contribution in [2.75, 3.05) is 11.3 Å². The minimum absolute atomic E-state index is 0.0352. The van der Waals surface area contributed by atoms with E-state index in [9.17, 15) is 26.0 Å². The second-order valence-electron chi connectivity index (χ2n) is 9.36. The minimum Gasteiger partial charge on any atom is -0.493 e. The van der Waals surface area contributed by atoms with Crippen molar-refractivity contribution in [2.45, 2.75) is 24.4 Å². The molecule has 4 aromatic carbocycles. The zero-order valence-electron chi connectivity index (χ0n) is 22.2. The van der Waals surface area contributed by atoms with Gasteiger partial charge in [-0.2, -0.15) is 13.2 Å². The lowest BCUT2D eigenvalue weighted by molar-refractivity contribution is -0.136. The number of sulfonamides is 1. The highest BCUT2D eigenvalue weighted by molar-refractivity contribution is 7.92. The van der Waals surface area contributed by atoms with E-state index in [1.54, 1.807) is 49.4 Å². The number of benzene rings is 4. The molecule has 0 radical (unpaired) electrons. The lowest BCUT2D eigenvalue weighted by atomic mass is 10.0. The van der Waals surface area contributed by atoms with Crippen LogP contribution in [-0.4, -0.2) is 20.0 Å². The Kier molecular flexibility index (Phi) is 8.04. The lowest BCUT2D eigenvalue weighted by Crippen LogP contribution is -2.14. The van der Waals surface area contributed by atoms with E-state index in [0.717, 1.165) is 12.1 Å². The van der Waals surface area contributed by atoms with Gasteiger partial charge in [-0.25, -0.2) is 12.8 Å². The van der Waals surface area contributed by atoms with E-state index < -0.39 is 27.6 Å². The summed E-state index contributed by atoms with van der Waals surface area (Å²) in [4.78, 5) is 3.97. The molecule has 0 bridgehead atoms. The third kappa shape index (κ3) is 6.63. The van der Waals surface area contributed by atoms with Gasteiger partial charge in [-0.05, 0) is 61.0 Å². The van der Waals surface area contributed by atoms with Gasteiger partial charge in [0.05, 0.1) is 28.3 Å². The standard InChI is InChI=1S/C31H24F4N2O4S/c1-20-17-21(26-11-6-12-27(30(26)36-20)31(33,34)35)15-16-40-23-13-14-29(28(32)19-23)37-42(38,39)25-10-5-9-24(18-25)41-22-7-3-2-4-8-22/h2-14,17-19,37H,15-16H2,1H3. The molecule has 42 heavy (non-hydrogen) atoms. The fraction of sp³-hybridized carbons (Fsp3) is 0.129. The molecule has 5 rings (SSSR count). The fourth-order valence-corrected chi connectivity index (χ4v) is 5.48. The number of fused-ring (bicyclic) bond motifs is 1. The first-order chi connectivity index (χ1) is 20.0. The van der Waals surface area contributed by atoms with Crippen LogP contribution in [-0.2, 0) is 22.6 Å². The Hall–Kier alpha value is -4.64. The smallest absolute Gasteiger partial charge is 0.418 e. The van der Waals surface area contributed by atoms with Crippen molar-refractivity contribution >= 4 is 26.6 Å². The van der Waals surface area contributed by atoms with Gasteiger partial charge in [0.15, 0.2) is 5.82 Å². The second-order valence-corrected chi connectivity index (χ2v) is 11.0. The van der Waals surface area contributed by atoms with Gasteiger partial charge < -0.3 is 9.47 Å². The van der Waals surface area contributed by atoms with Gasteiger partial charge in [0.25, 0.3) is 10.0 Å². The number of para-hydroxylation sites is 2.